The number of unbranched alkanes of at least 4 members (excludes halogenated alkanes) is 1. The second-order valence-corrected chi connectivity index (χ2v) is 12.4. The Balaban J connectivity index is 2.07. The van der Waals surface area contributed by atoms with Gasteiger partial charge in [0.25, 0.3) is 5.69 Å². The van der Waals surface area contributed by atoms with Crippen molar-refractivity contribution in [2.24, 2.45) is 0 Å². The van der Waals surface area contributed by atoms with Crippen LogP contribution in [-0.4, -0.2) is 55.4 Å². The summed E-state index contributed by atoms with van der Waals surface area (Å²) in [5.74, 6) is -1.09. The molecule has 0 saturated carbocycles. The monoisotopic (exact) mass is 634 g/mol. The van der Waals surface area contributed by atoms with Crippen LogP contribution in [-0.2, 0) is 32.6 Å². The normalized spacial score (nSPS) is 11.9. The fourth-order valence-electron chi connectivity index (χ4n) is 4.27. The van der Waals surface area contributed by atoms with Crippen LogP contribution in [0.5, 0.6) is 0 Å². The maximum Gasteiger partial charge on any atom is 0.271 e. The average Bonchev–Trinajstić information content (AvgIpc) is 2.95. The SMILES string of the molecule is CCCCNC(=O)[C@H](Cc1ccccc1)N(Cc1ccc(Cl)c(Cl)c1)C(=O)CN(c1cccc([N+](=O)[O-])c1)S(C)(=O)=O. The van der Waals surface area contributed by atoms with Crippen molar-refractivity contribution in [2.45, 2.75) is 38.8 Å². The van der Waals surface area contributed by atoms with Gasteiger partial charge in [-0.25, -0.2) is 8.42 Å². The number of nitro benzene ring substituents is 1. The van der Waals surface area contributed by atoms with Crippen LogP contribution >= 0.6 is 23.2 Å². The lowest BCUT2D eigenvalue weighted by molar-refractivity contribution is -0.384. The summed E-state index contributed by atoms with van der Waals surface area (Å²) in [6.45, 7) is 1.61. The number of nitrogens with one attached hydrogen (secondary N) is 1. The number of carbonyl (C=O) groups excluding carboxylic acids is 2. The Labute approximate surface area is 255 Å². The highest BCUT2D eigenvalue weighted by Crippen LogP contribution is 2.26. The number of sulfonamides is 1. The number of anilines is 1. The van der Waals surface area contributed by atoms with E-state index in [1.165, 1.54) is 23.1 Å². The molecule has 0 unspecified atom stereocenters. The van der Waals surface area contributed by atoms with Gasteiger partial charge in [0.05, 0.1) is 26.9 Å². The molecule has 13 heteroatoms. The first-order valence-electron chi connectivity index (χ1n) is 13.2. The summed E-state index contributed by atoms with van der Waals surface area (Å²) >= 11 is 12.3. The van der Waals surface area contributed by atoms with E-state index in [2.05, 4.69) is 5.32 Å². The standard InChI is InChI=1S/C29H32Cl2N4O6S/c1-3-4-15-32-29(37)27(17-21-9-6-5-7-10-21)33(19-22-13-14-25(30)26(31)16-22)28(36)20-34(42(2,40)41)23-11-8-12-24(18-23)35(38)39/h5-14,16,18,27H,3-4,15,17,19-20H2,1-2H3,(H,32,37)/t27-/m0/s1. The van der Waals surface area contributed by atoms with Gasteiger partial charge in [0.15, 0.2) is 0 Å². The van der Waals surface area contributed by atoms with Crippen LogP contribution in [0.4, 0.5) is 11.4 Å². The van der Waals surface area contributed by atoms with Crippen molar-refractivity contribution in [2.75, 3.05) is 23.7 Å². The molecule has 0 aromatic heterocycles. The van der Waals surface area contributed by atoms with Gasteiger partial charge in [-0.1, -0.05) is 79.0 Å². The largest absolute Gasteiger partial charge is 0.354 e. The second-order valence-electron chi connectivity index (χ2n) is 9.67. The zero-order valence-electron chi connectivity index (χ0n) is 23.2. The molecule has 224 valence electrons. The van der Waals surface area contributed by atoms with Gasteiger partial charge < -0.3 is 10.2 Å². The first-order valence-corrected chi connectivity index (χ1v) is 15.8. The van der Waals surface area contributed by atoms with Crippen molar-refractivity contribution >= 4 is 56.4 Å². The van der Waals surface area contributed by atoms with Crippen LogP contribution in [0.1, 0.15) is 30.9 Å². The lowest BCUT2D eigenvalue weighted by atomic mass is 10.0. The molecule has 0 aliphatic carbocycles. The van der Waals surface area contributed by atoms with Gasteiger partial charge in [0.1, 0.15) is 12.6 Å². The molecule has 0 saturated heterocycles. The Morgan fingerprint density at radius 1 is 0.976 bits per heavy atom. The number of rotatable bonds is 14. The molecule has 0 spiro atoms. The lowest BCUT2D eigenvalue weighted by Gasteiger charge is -2.33. The highest BCUT2D eigenvalue weighted by molar-refractivity contribution is 7.92. The molecule has 10 nitrogen and oxygen atoms in total. The van der Waals surface area contributed by atoms with E-state index in [-0.39, 0.29) is 29.4 Å². The van der Waals surface area contributed by atoms with E-state index in [9.17, 15) is 28.1 Å². The molecule has 0 aliphatic rings. The van der Waals surface area contributed by atoms with Gasteiger partial charge in [-0.05, 0) is 35.7 Å². The van der Waals surface area contributed by atoms with E-state index in [1.807, 2.05) is 37.3 Å². The molecule has 0 bridgehead atoms. The maximum atomic E-state index is 14.1. The van der Waals surface area contributed by atoms with E-state index in [1.54, 1.807) is 18.2 Å². The fraction of sp³-hybridized carbons (Fsp3) is 0.310. The van der Waals surface area contributed by atoms with Gasteiger partial charge in [-0.2, -0.15) is 0 Å². The van der Waals surface area contributed by atoms with Crippen LogP contribution < -0.4 is 9.62 Å². The Morgan fingerprint density at radius 2 is 1.69 bits per heavy atom. The van der Waals surface area contributed by atoms with Crippen molar-refractivity contribution in [3.63, 3.8) is 0 Å². The molecule has 0 fully saturated rings. The molecule has 0 radical (unpaired) electrons. The topological polar surface area (TPSA) is 130 Å². The van der Waals surface area contributed by atoms with Crippen LogP contribution in [0.2, 0.25) is 10.0 Å². The Kier molecular flexibility index (Phi) is 11.7. The predicted molar refractivity (Wildman–Crippen MR) is 164 cm³/mol. The first kappa shape index (κ1) is 32.8. The molecular formula is C29H32Cl2N4O6S. The molecule has 42 heavy (non-hydrogen) atoms. The number of amides is 2. The minimum atomic E-state index is -4.07. The molecule has 3 rings (SSSR count). The Morgan fingerprint density at radius 3 is 2.31 bits per heavy atom. The van der Waals surface area contributed by atoms with Crippen molar-refractivity contribution < 1.29 is 22.9 Å². The summed E-state index contributed by atoms with van der Waals surface area (Å²) < 4.78 is 26.5. The molecule has 3 aromatic carbocycles. The number of halogens is 2. The lowest BCUT2D eigenvalue weighted by Crippen LogP contribution is -2.53. The average molecular weight is 636 g/mol. The molecule has 3 aromatic rings. The van der Waals surface area contributed by atoms with E-state index in [0.717, 1.165) is 35.0 Å². The number of hydrogen-bond donors (Lipinski definition) is 1. The Hall–Kier alpha value is -3.67. The number of non-ortho nitro benzene ring substituents is 1. The Bertz CT molecular complexity index is 1520. The smallest absolute Gasteiger partial charge is 0.271 e. The van der Waals surface area contributed by atoms with E-state index >= 15 is 0 Å². The van der Waals surface area contributed by atoms with Crippen LogP contribution in [0.15, 0.2) is 72.8 Å². The fourth-order valence-corrected chi connectivity index (χ4v) is 5.43. The van der Waals surface area contributed by atoms with Gasteiger partial charge in [0, 0.05) is 31.6 Å². The third kappa shape index (κ3) is 9.17. The molecule has 0 aliphatic heterocycles. The molecule has 1 atom stereocenters. The molecular weight excluding hydrogens is 603 g/mol. The van der Waals surface area contributed by atoms with Gasteiger partial charge in [-0.3, -0.25) is 24.0 Å². The molecule has 1 N–H and O–H groups in total. The summed E-state index contributed by atoms with van der Waals surface area (Å²) in [5, 5.41) is 14.8. The van der Waals surface area contributed by atoms with Crippen molar-refractivity contribution in [3.05, 3.63) is 104 Å². The summed E-state index contributed by atoms with van der Waals surface area (Å²) in [4.78, 5) is 39.7. The third-order valence-electron chi connectivity index (χ3n) is 6.45. The van der Waals surface area contributed by atoms with E-state index < -0.39 is 39.3 Å². The van der Waals surface area contributed by atoms with Gasteiger partial charge >= 0.3 is 0 Å². The van der Waals surface area contributed by atoms with Crippen LogP contribution in [0, 0.1) is 10.1 Å². The second kappa shape index (κ2) is 15.0. The van der Waals surface area contributed by atoms with E-state index in [4.69, 9.17) is 23.2 Å². The van der Waals surface area contributed by atoms with Crippen molar-refractivity contribution in [3.8, 4) is 0 Å². The highest BCUT2D eigenvalue weighted by Gasteiger charge is 2.33. The highest BCUT2D eigenvalue weighted by atomic mass is 35.5. The summed E-state index contributed by atoms with van der Waals surface area (Å²) in [5.41, 5.74) is 0.970. The molecule has 0 heterocycles. The maximum absolute atomic E-state index is 14.1. The van der Waals surface area contributed by atoms with Crippen molar-refractivity contribution in [1.29, 1.82) is 0 Å². The molecule has 2 amide bonds. The summed E-state index contributed by atoms with van der Waals surface area (Å²) in [6.07, 6.45) is 2.64. The number of benzene rings is 3. The quantitative estimate of drug-likeness (QED) is 0.147. The first-order chi connectivity index (χ1) is 19.9. The van der Waals surface area contributed by atoms with Gasteiger partial charge in [-0.15, -0.1) is 0 Å². The summed E-state index contributed by atoms with van der Waals surface area (Å²) in [7, 11) is -4.07. The minimum Gasteiger partial charge on any atom is -0.354 e. The van der Waals surface area contributed by atoms with Crippen LogP contribution in [0.25, 0.3) is 0 Å². The predicted octanol–water partition coefficient (Wildman–Crippen LogP) is 5.22. The van der Waals surface area contributed by atoms with Gasteiger partial charge in [0.2, 0.25) is 21.8 Å². The minimum absolute atomic E-state index is 0.0541. The van der Waals surface area contributed by atoms with Crippen LogP contribution in [0.3, 0.4) is 0 Å². The zero-order valence-corrected chi connectivity index (χ0v) is 25.5. The van der Waals surface area contributed by atoms with E-state index in [0.29, 0.717) is 17.1 Å². The summed E-state index contributed by atoms with van der Waals surface area (Å²) in [6, 6.07) is 17.9. The number of nitro groups is 1. The van der Waals surface area contributed by atoms with Crippen molar-refractivity contribution in [1.82, 2.24) is 10.2 Å². The zero-order chi connectivity index (χ0) is 30.9. The third-order valence-corrected chi connectivity index (χ3v) is 8.32. The number of hydrogen-bond acceptors (Lipinski definition) is 6. The number of carbonyl (C=O) groups is 2. The number of nitrogens with zero attached hydrogens (tertiary/aromatic N) is 3.